The Morgan fingerprint density at radius 1 is 1.07 bits per heavy atom. The Morgan fingerprint density at radius 2 is 1.71 bits per heavy atom. The SMILES string of the molecule is CCOc1ccc(C(=O)NC[C@H](c2ccc(Cl)cc2)N2CCN(C)CC2)cc1. The molecule has 0 radical (unpaired) electrons. The van der Waals surface area contributed by atoms with Gasteiger partial charge in [0.1, 0.15) is 5.75 Å². The van der Waals surface area contributed by atoms with Crippen LogP contribution >= 0.6 is 11.6 Å². The van der Waals surface area contributed by atoms with Gasteiger partial charge in [-0.25, -0.2) is 0 Å². The molecule has 1 aliphatic heterocycles. The Bertz CT molecular complexity index is 756. The predicted octanol–water partition coefficient (Wildman–Crippen LogP) is 3.46. The van der Waals surface area contributed by atoms with Crippen LogP contribution in [0.5, 0.6) is 5.75 Å². The first-order chi connectivity index (χ1) is 13.6. The highest BCUT2D eigenvalue weighted by Crippen LogP contribution is 2.23. The van der Waals surface area contributed by atoms with Crippen LogP contribution in [0.3, 0.4) is 0 Å². The summed E-state index contributed by atoms with van der Waals surface area (Å²) in [6.07, 6.45) is 0. The largest absolute Gasteiger partial charge is 0.494 e. The molecule has 150 valence electrons. The number of benzene rings is 2. The number of carbonyl (C=O) groups is 1. The van der Waals surface area contributed by atoms with Crippen molar-refractivity contribution >= 4 is 17.5 Å². The van der Waals surface area contributed by atoms with E-state index < -0.39 is 0 Å². The van der Waals surface area contributed by atoms with Crippen molar-refractivity contribution < 1.29 is 9.53 Å². The van der Waals surface area contributed by atoms with Gasteiger partial charge in [0.05, 0.1) is 12.6 Å². The van der Waals surface area contributed by atoms with Crippen LogP contribution in [0.1, 0.15) is 28.9 Å². The quantitative estimate of drug-likeness (QED) is 0.771. The summed E-state index contributed by atoms with van der Waals surface area (Å²) in [6, 6.07) is 15.3. The van der Waals surface area contributed by atoms with Gasteiger partial charge >= 0.3 is 0 Å². The average Bonchev–Trinajstić information content (AvgIpc) is 2.71. The first-order valence-corrected chi connectivity index (χ1v) is 10.1. The van der Waals surface area contributed by atoms with Gasteiger partial charge in [-0.15, -0.1) is 0 Å². The van der Waals surface area contributed by atoms with Crippen molar-refractivity contribution in [3.8, 4) is 5.75 Å². The van der Waals surface area contributed by atoms with Gasteiger partial charge in [-0.1, -0.05) is 23.7 Å². The Balaban J connectivity index is 1.68. The number of likely N-dealkylation sites (N-methyl/N-ethyl adjacent to an activating group) is 1. The summed E-state index contributed by atoms with van der Waals surface area (Å²) in [6.45, 7) is 7.10. The third-order valence-corrected chi connectivity index (χ3v) is 5.37. The minimum Gasteiger partial charge on any atom is -0.494 e. The standard InChI is InChI=1S/C22H28ClN3O2/c1-3-28-20-10-6-18(7-11-20)22(27)24-16-21(17-4-8-19(23)9-5-17)26-14-12-25(2)13-15-26/h4-11,21H,3,12-16H2,1-2H3,(H,24,27)/t21-/m1/s1. The normalized spacial score (nSPS) is 16.5. The van der Waals surface area contributed by atoms with Gasteiger partial charge in [-0.3, -0.25) is 9.69 Å². The molecule has 6 heteroatoms. The highest BCUT2D eigenvalue weighted by molar-refractivity contribution is 6.30. The number of ether oxygens (including phenoxy) is 1. The maximum absolute atomic E-state index is 12.6. The summed E-state index contributed by atoms with van der Waals surface area (Å²) in [4.78, 5) is 17.4. The fourth-order valence-corrected chi connectivity index (χ4v) is 3.56. The fourth-order valence-electron chi connectivity index (χ4n) is 3.44. The maximum Gasteiger partial charge on any atom is 0.251 e. The van der Waals surface area contributed by atoms with E-state index in [4.69, 9.17) is 16.3 Å². The molecule has 0 bridgehead atoms. The number of piperazine rings is 1. The molecule has 2 aromatic carbocycles. The summed E-state index contributed by atoms with van der Waals surface area (Å²) in [5.41, 5.74) is 1.80. The van der Waals surface area contributed by atoms with Gasteiger partial charge in [0.25, 0.3) is 5.91 Å². The molecule has 28 heavy (non-hydrogen) atoms. The van der Waals surface area contributed by atoms with Crippen LogP contribution in [0.15, 0.2) is 48.5 Å². The van der Waals surface area contributed by atoms with Crippen molar-refractivity contribution in [1.29, 1.82) is 0 Å². The number of amides is 1. The molecule has 0 unspecified atom stereocenters. The molecule has 1 heterocycles. The van der Waals surface area contributed by atoms with Gasteiger partial charge in [0.2, 0.25) is 0 Å². The van der Waals surface area contributed by atoms with Crippen molar-refractivity contribution in [1.82, 2.24) is 15.1 Å². The molecule has 1 amide bonds. The molecule has 0 aliphatic carbocycles. The lowest BCUT2D eigenvalue weighted by Crippen LogP contribution is -2.48. The number of nitrogens with zero attached hydrogens (tertiary/aromatic N) is 2. The minimum absolute atomic E-state index is 0.0730. The number of halogens is 1. The molecule has 1 aliphatic rings. The zero-order chi connectivity index (χ0) is 19.9. The molecule has 2 aromatic rings. The summed E-state index contributed by atoms with van der Waals surface area (Å²) < 4.78 is 5.44. The number of nitrogens with one attached hydrogen (secondary N) is 1. The lowest BCUT2D eigenvalue weighted by molar-refractivity contribution is 0.0886. The maximum atomic E-state index is 12.6. The molecule has 1 fully saturated rings. The summed E-state index contributed by atoms with van der Waals surface area (Å²) >= 11 is 6.06. The zero-order valence-corrected chi connectivity index (χ0v) is 17.3. The second-order valence-electron chi connectivity index (χ2n) is 7.07. The Kier molecular flexibility index (Phi) is 7.31. The second-order valence-corrected chi connectivity index (χ2v) is 7.51. The summed E-state index contributed by atoms with van der Waals surface area (Å²) in [5.74, 6) is 0.701. The highest BCUT2D eigenvalue weighted by Gasteiger charge is 2.24. The van der Waals surface area contributed by atoms with Gasteiger partial charge < -0.3 is 15.0 Å². The van der Waals surface area contributed by atoms with Crippen LogP contribution in [0.4, 0.5) is 0 Å². The van der Waals surface area contributed by atoms with Crippen LogP contribution in [0, 0.1) is 0 Å². The van der Waals surface area contributed by atoms with Crippen molar-refractivity contribution in [2.45, 2.75) is 13.0 Å². The second kappa shape index (κ2) is 9.92. The Labute approximate surface area is 172 Å². The van der Waals surface area contributed by atoms with E-state index in [1.807, 2.05) is 43.3 Å². The monoisotopic (exact) mass is 401 g/mol. The number of hydrogen-bond acceptors (Lipinski definition) is 4. The van der Waals surface area contributed by atoms with E-state index in [2.05, 4.69) is 22.2 Å². The third kappa shape index (κ3) is 5.47. The molecule has 5 nitrogen and oxygen atoms in total. The molecule has 0 spiro atoms. The molecule has 1 saturated heterocycles. The smallest absolute Gasteiger partial charge is 0.251 e. The summed E-state index contributed by atoms with van der Waals surface area (Å²) in [5, 5.41) is 3.83. The molecule has 0 saturated carbocycles. The van der Waals surface area contributed by atoms with Gasteiger partial charge in [0.15, 0.2) is 0 Å². The zero-order valence-electron chi connectivity index (χ0n) is 16.5. The van der Waals surface area contributed by atoms with Crippen molar-refractivity contribution in [2.24, 2.45) is 0 Å². The Hall–Kier alpha value is -2.08. The Morgan fingerprint density at radius 3 is 2.32 bits per heavy atom. The number of carbonyl (C=O) groups excluding carboxylic acids is 1. The van der Waals surface area contributed by atoms with Crippen LogP contribution in [-0.2, 0) is 0 Å². The number of rotatable bonds is 7. The molecule has 1 N–H and O–H groups in total. The van der Waals surface area contributed by atoms with E-state index in [9.17, 15) is 4.79 Å². The first-order valence-electron chi connectivity index (χ1n) is 9.76. The van der Waals surface area contributed by atoms with Crippen molar-refractivity contribution in [2.75, 3.05) is 46.4 Å². The molecule has 3 rings (SSSR count). The van der Waals surface area contributed by atoms with Crippen molar-refractivity contribution in [3.05, 3.63) is 64.7 Å². The van der Waals surface area contributed by atoms with Crippen LogP contribution in [-0.4, -0.2) is 62.1 Å². The van der Waals surface area contributed by atoms with Gasteiger partial charge in [-0.2, -0.15) is 0 Å². The predicted molar refractivity (Wildman–Crippen MR) is 113 cm³/mol. The topological polar surface area (TPSA) is 44.8 Å². The van der Waals surface area contributed by atoms with Gasteiger partial charge in [-0.05, 0) is 55.9 Å². The van der Waals surface area contributed by atoms with E-state index in [1.165, 1.54) is 5.56 Å². The number of hydrogen-bond donors (Lipinski definition) is 1. The molecule has 1 atom stereocenters. The van der Waals surface area contributed by atoms with Crippen LogP contribution < -0.4 is 10.1 Å². The van der Waals surface area contributed by atoms with E-state index >= 15 is 0 Å². The first kappa shape index (κ1) is 20.6. The fraction of sp³-hybridized carbons (Fsp3) is 0.409. The highest BCUT2D eigenvalue weighted by atomic mass is 35.5. The van der Waals surface area contributed by atoms with E-state index in [1.54, 1.807) is 12.1 Å². The minimum atomic E-state index is -0.0730. The molecule has 0 aromatic heterocycles. The van der Waals surface area contributed by atoms with E-state index in [-0.39, 0.29) is 11.9 Å². The lowest BCUT2D eigenvalue weighted by atomic mass is 10.0. The summed E-state index contributed by atoms with van der Waals surface area (Å²) in [7, 11) is 2.14. The van der Waals surface area contributed by atoms with Gasteiger partial charge in [0, 0.05) is 43.3 Å². The van der Waals surface area contributed by atoms with E-state index in [0.29, 0.717) is 18.7 Å². The van der Waals surface area contributed by atoms with Crippen LogP contribution in [0.25, 0.3) is 0 Å². The third-order valence-electron chi connectivity index (χ3n) is 5.12. The van der Waals surface area contributed by atoms with Crippen LogP contribution in [0.2, 0.25) is 5.02 Å². The molecular weight excluding hydrogens is 374 g/mol. The van der Waals surface area contributed by atoms with Crippen molar-refractivity contribution in [3.63, 3.8) is 0 Å². The van der Waals surface area contributed by atoms with E-state index in [0.717, 1.165) is 37.0 Å². The lowest BCUT2D eigenvalue weighted by Gasteiger charge is -2.38. The average molecular weight is 402 g/mol. The molecular formula is C22H28ClN3O2.